The number of aryl methyl sites for hydroxylation is 1. The van der Waals surface area contributed by atoms with E-state index in [1.807, 2.05) is 24.0 Å². The van der Waals surface area contributed by atoms with E-state index in [2.05, 4.69) is 10.2 Å². The normalized spacial score (nSPS) is 19.2. The maximum absolute atomic E-state index is 12.5. The fourth-order valence-corrected chi connectivity index (χ4v) is 3.83. The summed E-state index contributed by atoms with van der Waals surface area (Å²) in [6, 6.07) is 5.48. The molecule has 2 heterocycles. The van der Waals surface area contributed by atoms with E-state index in [0.29, 0.717) is 17.5 Å². The summed E-state index contributed by atoms with van der Waals surface area (Å²) in [5.74, 6) is 0.415. The van der Waals surface area contributed by atoms with Gasteiger partial charge in [-0.2, -0.15) is 0 Å². The van der Waals surface area contributed by atoms with Crippen LogP contribution in [0, 0.1) is 12.8 Å². The van der Waals surface area contributed by atoms with Crippen LogP contribution in [0.4, 0.5) is 5.69 Å². The minimum absolute atomic E-state index is 0.0327. The van der Waals surface area contributed by atoms with E-state index in [1.165, 1.54) is 0 Å². The molecule has 136 valence electrons. The third-order valence-corrected chi connectivity index (χ3v) is 5.43. The predicted octanol–water partition coefficient (Wildman–Crippen LogP) is 2.92. The van der Waals surface area contributed by atoms with E-state index in [1.54, 1.807) is 6.07 Å². The maximum atomic E-state index is 12.5. The minimum Gasteiger partial charge on any atom is -0.342 e. The van der Waals surface area contributed by atoms with Crippen LogP contribution in [0.3, 0.4) is 0 Å². The second kappa shape index (κ2) is 8.19. The number of carbonyl (C=O) groups is 2. The van der Waals surface area contributed by atoms with Gasteiger partial charge < -0.3 is 10.2 Å². The molecule has 5 nitrogen and oxygen atoms in total. The Labute approximate surface area is 154 Å². The number of halogens is 1. The Morgan fingerprint density at radius 3 is 2.52 bits per heavy atom. The van der Waals surface area contributed by atoms with Gasteiger partial charge in [-0.3, -0.25) is 14.5 Å². The predicted molar refractivity (Wildman–Crippen MR) is 99.8 cm³/mol. The lowest BCUT2D eigenvalue weighted by Gasteiger charge is -2.32. The SMILES string of the molecule is Cc1ccc(Cl)cc1NC(=O)CN1CCC(C(=O)N2CCCC2)CC1. The van der Waals surface area contributed by atoms with E-state index in [0.717, 1.165) is 63.1 Å². The highest BCUT2D eigenvalue weighted by atomic mass is 35.5. The van der Waals surface area contributed by atoms with Gasteiger partial charge in [0, 0.05) is 29.7 Å². The van der Waals surface area contributed by atoms with E-state index in [4.69, 9.17) is 11.6 Å². The van der Waals surface area contributed by atoms with Gasteiger partial charge in [0.15, 0.2) is 0 Å². The van der Waals surface area contributed by atoms with Crippen molar-refractivity contribution in [3.8, 4) is 0 Å². The molecule has 1 aromatic carbocycles. The molecular formula is C19H26ClN3O2. The van der Waals surface area contributed by atoms with Crippen LogP contribution in [0.15, 0.2) is 18.2 Å². The van der Waals surface area contributed by atoms with Crippen molar-refractivity contribution in [1.29, 1.82) is 0 Å². The molecular weight excluding hydrogens is 338 g/mol. The fraction of sp³-hybridized carbons (Fsp3) is 0.579. The molecule has 0 bridgehead atoms. The first-order valence-electron chi connectivity index (χ1n) is 9.10. The summed E-state index contributed by atoms with van der Waals surface area (Å²) in [5.41, 5.74) is 1.75. The molecule has 2 amide bonds. The Hall–Kier alpha value is -1.59. The molecule has 0 atom stereocenters. The maximum Gasteiger partial charge on any atom is 0.238 e. The zero-order valence-corrected chi connectivity index (χ0v) is 15.5. The molecule has 2 aliphatic heterocycles. The Morgan fingerprint density at radius 2 is 1.84 bits per heavy atom. The van der Waals surface area contributed by atoms with Crippen LogP contribution >= 0.6 is 11.6 Å². The monoisotopic (exact) mass is 363 g/mol. The van der Waals surface area contributed by atoms with E-state index >= 15 is 0 Å². The van der Waals surface area contributed by atoms with E-state index in [-0.39, 0.29) is 11.8 Å². The molecule has 25 heavy (non-hydrogen) atoms. The average Bonchev–Trinajstić information content (AvgIpc) is 3.13. The molecule has 3 rings (SSSR count). The van der Waals surface area contributed by atoms with Crippen molar-refractivity contribution in [2.24, 2.45) is 5.92 Å². The van der Waals surface area contributed by atoms with Gasteiger partial charge in [0.25, 0.3) is 0 Å². The number of amides is 2. The average molecular weight is 364 g/mol. The lowest BCUT2D eigenvalue weighted by molar-refractivity contribution is -0.136. The first kappa shape index (κ1) is 18.2. The lowest BCUT2D eigenvalue weighted by Crippen LogP contribution is -2.43. The molecule has 1 aromatic rings. The third kappa shape index (κ3) is 4.73. The van der Waals surface area contributed by atoms with Gasteiger partial charge in [0.2, 0.25) is 11.8 Å². The zero-order valence-electron chi connectivity index (χ0n) is 14.8. The Morgan fingerprint density at radius 1 is 1.16 bits per heavy atom. The van der Waals surface area contributed by atoms with E-state index in [9.17, 15) is 9.59 Å². The summed E-state index contributed by atoms with van der Waals surface area (Å²) in [6.45, 7) is 5.73. The van der Waals surface area contributed by atoms with Crippen molar-refractivity contribution >= 4 is 29.1 Å². The summed E-state index contributed by atoms with van der Waals surface area (Å²) >= 11 is 5.99. The highest BCUT2D eigenvalue weighted by Gasteiger charge is 2.30. The van der Waals surface area contributed by atoms with E-state index < -0.39 is 0 Å². The number of rotatable bonds is 4. The number of benzene rings is 1. The highest BCUT2D eigenvalue weighted by Crippen LogP contribution is 2.23. The molecule has 0 spiro atoms. The number of nitrogens with one attached hydrogen (secondary N) is 1. The van der Waals surface area contributed by atoms with Crippen LogP contribution in [-0.2, 0) is 9.59 Å². The molecule has 6 heteroatoms. The molecule has 2 fully saturated rings. The number of likely N-dealkylation sites (tertiary alicyclic amines) is 2. The number of hydrogen-bond acceptors (Lipinski definition) is 3. The Balaban J connectivity index is 1.46. The molecule has 1 N–H and O–H groups in total. The van der Waals surface area contributed by atoms with Gasteiger partial charge in [0.05, 0.1) is 6.54 Å². The molecule has 2 saturated heterocycles. The summed E-state index contributed by atoms with van der Waals surface area (Å²) in [6.07, 6.45) is 3.96. The smallest absolute Gasteiger partial charge is 0.238 e. The molecule has 2 aliphatic rings. The molecule has 0 aliphatic carbocycles. The van der Waals surface area contributed by atoms with Crippen molar-refractivity contribution in [1.82, 2.24) is 9.80 Å². The largest absolute Gasteiger partial charge is 0.342 e. The van der Waals surface area contributed by atoms with Crippen LogP contribution in [0.25, 0.3) is 0 Å². The number of hydrogen-bond donors (Lipinski definition) is 1. The number of nitrogens with zero attached hydrogens (tertiary/aromatic N) is 2. The fourth-order valence-electron chi connectivity index (χ4n) is 3.66. The van der Waals surface area contributed by atoms with Gasteiger partial charge in [-0.1, -0.05) is 17.7 Å². The quantitative estimate of drug-likeness (QED) is 0.894. The van der Waals surface area contributed by atoms with Crippen LogP contribution in [-0.4, -0.2) is 54.3 Å². The van der Waals surface area contributed by atoms with Crippen molar-refractivity contribution in [2.75, 3.05) is 38.0 Å². The molecule has 0 radical (unpaired) electrons. The second-order valence-corrected chi connectivity index (χ2v) is 7.53. The summed E-state index contributed by atoms with van der Waals surface area (Å²) in [7, 11) is 0. The lowest BCUT2D eigenvalue weighted by atomic mass is 9.95. The van der Waals surface area contributed by atoms with Crippen LogP contribution in [0.1, 0.15) is 31.2 Å². The van der Waals surface area contributed by atoms with Gasteiger partial charge in [-0.05, 0) is 63.4 Å². The summed E-state index contributed by atoms with van der Waals surface area (Å²) < 4.78 is 0. The Bertz CT molecular complexity index is 636. The van der Waals surface area contributed by atoms with Crippen molar-refractivity contribution in [3.05, 3.63) is 28.8 Å². The number of carbonyl (C=O) groups excluding carboxylic acids is 2. The molecule has 0 unspecified atom stereocenters. The first-order chi connectivity index (χ1) is 12.0. The van der Waals surface area contributed by atoms with Crippen molar-refractivity contribution in [2.45, 2.75) is 32.6 Å². The first-order valence-corrected chi connectivity index (χ1v) is 9.48. The van der Waals surface area contributed by atoms with Crippen LogP contribution in [0.5, 0.6) is 0 Å². The molecule has 0 aromatic heterocycles. The van der Waals surface area contributed by atoms with Crippen LogP contribution < -0.4 is 5.32 Å². The highest BCUT2D eigenvalue weighted by molar-refractivity contribution is 6.31. The zero-order chi connectivity index (χ0) is 17.8. The standard InChI is InChI=1S/C19H26ClN3O2/c1-14-4-5-16(20)12-17(14)21-18(24)13-22-10-6-15(7-11-22)19(25)23-8-2-3-9-23/h4-5,12,15H,2-3,6-11,13H2,1H3,(H,21,24). The van der Waals surface area contributed by atoms with Gasteiger partial charge in [0.1, 0.15) is 0 Å². The molecule has 0 saturated carbocycles. The summed E-state index contributed by atoms with van der Waals surface area (Å²) in [5, 5.41) is 3.55. The van der Waals surface area contributed by atoms with Gasteiger partial charge in [-0.25, -0.2) is 0 Å². The topological polar surface area (TPSA) is 52.7 Å². The second-order valence-electron chi connectivity index (χ2n) is 7.09. The third-order valence-electron chi connectivity index (χ3n) is 5.20. The number of anilines is 1. The number of piperidine rings is 1. The van der Waals surface area contributed by atoms with Crippen molar-refractivity contribution in [3.63, 3.8) is 0 Å². The van der Waals surface area contributed by atoms with Crippen LogP contribution in [0.2, 0.25) is 5.02 Å². The van der Waals surface area contributed by atoms with Crippen molar-refractivity contribution < 1.29 is 9.59 Å². The van der Waals surface area contributed by atoms with Gasteiger partial charge >= 0.3 is 0 Å². The summed E-state index contributed by atoms with van der Waals surface area (Å²) in [4.78, 5) is 28.9. The minimum atomic E-state index is -0.0327. The Kier molecular flexibility index (Phi) is 5.97. The van der Waals surface area contributed by atoms with Gasteiger partial charge in [-0.15, -0.1) is 0 Å².